The Morgan fingerprint density at radius 3 is 2.71 bits per heavy atom. The van der Waals surface area contributed by atoms with Crippen molar-refractivity contribution in [2.75, 3.05) is 26.2 Å². The number of halogens is 2. The number of nitrogens with one attached hydrogen (secondary N) is 3. The summed E-state index contributed by atoms with van der Waals surface area (Å²) in [5.74, 6) is -1.01. The number of benzene rings is 1. The summed E-state index contributed by atoms with van der Waals surface area (Å²) in [7, 11) is 0. The highest BCUT2D eigenvalue weighted by molar-refractivity contribution is 5.94. The van der Waals surface area contributed by atoms with E-state index in [0.29, 0.717) is 31.2 Å². The molecule has 0 bridgehead atoms. The Bertz CT molecular complexity index is 792. The SMILES string of the molecule is Cl.O=C(NCCCNC(=O)c1ccn(C2CCCNC2)n1)c1cccc(F)c1. The molecule has 2 heterocycles. The zero-order valence-corrected chi connectivity index (χ0v) is 16.3. The van der Waals surface area contributed by atoms with E-state index in [4.69, 9.17) is 0 Å². The van der Waals surface area contributed by atoms with E-state index in [9.17, 15) is 14.0 Å². The maximum absolute atomic E-state index is 13.1. The molecule has 2 amide bonds. The largest absolute Gasteiger partial charge is 0.352 e. The summed E-state index contributed by atoms with van der Waals surface area (Å²) < 4.78 is 14.9. The van der Waals surface area contributed by atoms with Crippen molar-refractivity contribution in [3.8, 4) is 0 Å². The molecule has 3 rings (SSSR count). The first-order chi connectivity index (χ1) is 13.1. The zero-order valence-electron chi connectivity index (χ0n) is 15.5. The predicted molar refractivity (Wildman–Crippen MR) is 106 cm³/mol. The Labute approximate surface area is 169 Å². The minimum Gasteiger partial charge on any atom is -0.352 e. The molecule has 3 N–H and O–H groups in total. The molecule has 0 spiro atoms. The van der Waals surface area contributed by atoms with Crippen LogP contribution in [0.2, 0.25) is 0 Å². The average Bonchev–Trinajstić information content (AvgIpc) is 3.18. The third kappa shape index (κ3) is 6.03. The Hall–Kier alpha value is -2.45. The van der Waals surface area contributed by atoms with Gasteiger partial charge in [-0.3, -0.25) is 14.3 Å². The van der Waals surface area contributed by atoms with Gasteiger partial charge in [0.15, 0.2) is 0 Å². The minimum atomic E-state index is -0.446. The molecular formula is C19H25ClFN5O2. The van der Waals surface area contributed by atoms with Crippen molar-refractivity contribution < 1.29 is 14.0 Å². The van der Waals surface area contributed by atoms with E-state index >= 15 is 0 Å². The lowest BCUT2D eigenvalue weighted by Crippen LogP contribution is -2.32. The van der Waals surface area contributed by atoms with Crippen molar-refractivity contribution in [3.05, 3.63) is 53.6 Å². The minimum absolute atomic E-state index is 0. The number of aromatic nitrogens is 2. The van der Waals surface area contributed by atoms with Gasteiger partial charge >= 0.3 is 0 Å². The second-order valence-electron chi connectivity index (χ2n) is 6.56. The number of hydrogen-bond donors (Lipinski definition) is 3. The van der Waals surface area contributed by atoms with Crippen LogP contribution in [-0.2, 0) is 0 Å². The monoisotopic (exact) mass is 409 g/mol. The molecule has 1 fully saturated rings. The molecule has 0 aliphatic carbocycles. The highest BCUT2D eigenvalue weighted by atomic mass is 35.5. The topological polar surface area (TPSA) is 88.0 Å². The van der Waals surface area contributed by atoms with Gasteiger partial charge in [0.05, 0.1) is 6.04 Å². The van der Waals surface area contributed by atoms with E-state index in [1.165, 1.54) is 18.2 Å². The molecule has 1 aliphatic heterocycles. The van der Waals surface area contributed by atoms with Gasteiger partial charge in [0.25, 0.3) is 11.8 Å². The molecule has 0 radical (unpaired) electrons. The smallest absolute Gasteiger partial charge is 0.271 e. The Kier molecular flexibility index (Phi) is 8.41. The van der Waals surface area contributed by atoms with Gasteiger partial charge in [0.2, 0.25) is 0 Å². The van der Waals surface area contributed by atoms with Crippen molar-refractivity contribution in [1.29, 1.82) is 0 Å². The van der Waals surface area contributed by atoms with Gasteiger partial charge in [0, 0.05) is 31.4 Å². The van der Waals surface area contributed by atoms with E-state index < -0.39 is 5.82 Å². The van der Waals surface area contributed by atoms with E-state index in [-0.39, 0.29) is 29.8 Å². The molecule has 1 aromatic heterocycles. The number of carbonyl (C=O) groups excluding carboxylic acids is 2. The van der Waals surface area contributed by atoms with Crippen LogP contribution < -0.4 is 16.0 Å². The fraction of sp³-hybridized carbons (Fsp3) is 0.421. The van der Waals surface area contributed by atoms with Gasteiger partial charge in [0.1, 0.15) is 11.5 Å². The molecule has 152 valence electrons. The van der Waals surface area contributed by atoms with Gasteiger partial charge in [-0.15, -0.1) is 12.4 Å². The summed E-state index contributed by atoms with van der Waals surface area (Å²) in [5, 5.41) is 13.2. The average molecular weight is 410 g/mol. The Morgan fingerprint density at radius 2 is 2.00 bits per heavy atom. The quantitative estimate of drug-likeness (QED) is 0.609. The van der Waals surface area contributed by atoms with Gasteiger partial charge in [-0.05, 0) is 50.1 Å². The highest BCUT2D eigenvalue weighted by Gasteiger charge is 2.17. The predicted octanol–water partition coefficient (Wildman–Crippen LogP) is 1.92. The van der Waals surface area contributed by atoms with Crippen LogP contribution in [0.3, 0.4) is 0 Å². The Morgan fingerprint density at radius 1 is 1.21 bits per heavy atom. The van der Waals surface area contributed by atoms with Crippen LogP contribution in [0.15, 0.2) is 36.5 Å². The number of carbonyl (C=O) groups is 2. The highest BCUT2D eigenvalue weighted by Crippen LogP contribution is 2.15. The Balaban J connectivity index is 0.00000280. The molecule has 0 saturated carbocycles. The molecule has 2 aromatic rings. The van der Waals surface area contributed by atoms with Crippen molar-refractivity contribution in [2.45, 2.75) is 25.3 Å². The first-order valence-corrected chi connectivity index (χ1v) is 9.21. The molecule has 1 unspecified atom stereocenters. The number of piperidine rings is 1. The molecule has 7 nitrogen and oxygen atoms in total. The maximum Gasteiger partial charge on any atom is 0.271 e. The standard InChI is InChI=1S/C19H24FN5O2.ClH/c20-15-5-1-4-14(12-15)18(26)22-9-3-10-23-19(27)17-7-11-25(24-17)16-6-2-8-21-13-16;/h1,4-5,7,11-12,16,21H,2-3,6,8-10,13H2,(H,22,26)(H,23,27);1H. The summed E-state index contributed by atoms with van der Waals surface area (Å²) in [5.41, 5.74) is 0.672. The number of amides is 2. The van der Waals surface area contributed by atoms with Crippen LogP contribution in [0.25, 0.3) is 0 Å². The summed E-state index contributed by atoms with van der Waals surface area (Å²) in [6.45, 7) is 2.70. The lowest BCUT2D eigenvalue weighted by atomic mass is 10.1. The van der Waals surface area contributed by atoms with E-state index in [0.717, 1.165) is 25.9 Å². The molecule has 1 aromatic carbocycles. The number of rotatable bonds is 7. The van der Waals surface area contributed by atoms with Crippen LogP contribution in [0, 0.1) is 5.82 Å². The van der Waals surface area contributed by atoms with E-state index in [2.05, 4.69) is 21.0 Å². The third-order valence-electron chi connectivity index (χ3n) is 4.50. The first-order valence-electron chi connectivity index (χ1n) is 9.21. The third-order valence-corrected chi connectivity index (χ3v) is 4.50. The molecular weight excluding hydrogens is 385 g/mol. The summed E-state index contributed by atoms with van der Waals surface area (Å²) >= 11 is 0. The van der Waals surface area contributed by atoms with Crippen molar-refractivity contribution >= 4 is 24.2 Å². The number of hydrogen-bond acceptors (Lipinski definition) is 4. The van der Waals surface area contributed by atoms with Crippen LogP contribution in [-0.4, -0.2) is 47.8 Å². The normalized spacial score (nSPS) is 16.1. The van der Waals surface area contributed by atoms with Crippen LogP contribution in [0.1, 0.15) is 46.2 Å². The summed E-state index contributed by atoms with van der Waals surface area (Å²) in [4.78, 5) is 24.1. The van der Waals surface area contributed by atoms with E-state index in [1.807, 2.05) is 10.9 Å². The first kappa shape index (κ1) is 21.8. The van der Waals surface area contributed by atoms with Crippen LogP contribution >= 0.6 is 12.4 Å². The molecule has 9 heteroatoms. The second-order valence-corrected chi connectivity index (χ2v) is 6.56. The van der Waals surface area contributed by atoms with Gasteiger partial charge in [-0.25, -0.2) is 4.39 Å². The van der Waals surface area contributed by atoms with Crippen molar-refractivity contribution in [1.82, 2.24) is 25.7 Å². The van der Waals surface area contributed by atoms with Crippen molar-refractivity contribution in [3.63, 3.8) is 0 Å². The molecule has 1 aliphatic rings. The molecule has 1 atom stereocenters. The van der Waals surface area contributed by atoms with E-state index in [1.54, 1.807) is 12.1 Å². The van der Waals surface area contributed by atoms with Gasteiger partial charge < -0.3 is 16.0 Å². The van der Waals surface area contributed by atoms with Crippen LogP contribution in [0.4, 0.5) is 4.39 Å². The van der Waals surface area contributed by atoms with Gasteiger partial charge in [-0.1, -0.05) is 6.07 Å². The zero-order chi connectivity index (χ0) is 19.1. The summed E-state index contributed by atoms with van der Waals surface area (Å²) in [6.07, 6.45) is 4.57. The second kappa shape index (κ2) is 10.8. The fourth-order valence-electron chi connectivity index (χ4n) is 3.04. The lowest BCUT2D eigenvalue weighted by molar-refractivity contribution is 0.0946. The molecule has 28 heavy (non-hydrogen) atoms. The van der Waals surface area contributed by atoms with Gasteiger partial charge in [-0.2, -0.15) is 5.10 Å². The molecule has 1 saturated heterocycles. The lowest BCUT2D eigenvalue weighted by Gasteiger charge is -2.22. The van der Waals surface area contributed by atoms with Crippen molar-refractivity contribution in [2.24, 2.45) is 0 Å². The number of nitrogens with zero attached hydrogens (tertiary/aromatic N) is 2. The fourth-order valence-corrected chi connectivity index (χ4v) is 3.04. The maximum atomic E-state index is 13.1. The van der Waals surface area contributed by atoms with Crippen LogP contribution in [0.5, 0.6) is 0 Å². The summed E-state index contributed by atoms with van der Waals surface area (Å²) in [6, 6.07) is 7.53.